The molecule has 0 radical (unpaired) electrons. The fourth-order valence-corrected chi connectivity index (χ4v) is 7.29. The molecule has 2 aliphatic carbocycles. The molecule has 1 N–H and O–H groups in total. The van der Waals surface area contributed by atoms with Gasteiger partial charge in [-0.1, -0.05) is 104 Å². The van der Waals surface area contributed by atoms with Gasteiger partial charge in [0, 0.05) is 34.2 Å². The molecule has 0 amide bonds. The molecule has 0 saturated heterocycles. The summed E-state index contributed by atoms with van der Waals surface area (Å²) < 4.78 is 2.47. The van der Waals surface area contributed by atoms with Gasteiger partial charge in [-0.3, -0.25) is 0 Å². The first-order valence-corrected chi connectivity index (χ1v) is 15.1. The van der Waals surface area contributed by atoms with Gasteiger partial charge in [0.05, 0.1) is 5.69 Å². The molecule has 6 rings (SSSR count). The Morgan fingerprint density at radius 2 is 1.15 bits per heavy atom. The van der Waals surface area contributed by atoms with E-state index in [4.69, 9.17) is 0 Å². The first-order valence-electron chi connectivity index (χ1n) is 15.1. The summed E-state index contributed by atoms with van der Waals surface area (Å²) in [5.41, 5.74) is 12.7. The van der Waals surface area contributed by atoms with Crippen LogP contribution in [0.2, 0.25) is 0 Å². The minimum atomic E-state index is 0.0880. The van der Waals surface area contributed by atoms with E-state index in [1.807, 2.05) is 0 Å². The fraction of sp³-hybridized carbons (Fsp3) is 0.421. The van der Waals surface area contributed by atoms with Crippen molar-refractivity contribution < 1.29 is 0 Å². The average Bonchev–Trinajstić information content (AvgIpc) is 3.32. The smallest absolute Gasteiger partial charge is 0.0609 e. The van der Waals surface area contributed by atoms with Crippen LogP contribution >= 0.6 is 0 Å². The highest BCUT2D eigenvalue weighted by Gasteiger charge is 2.42. The number of benzene rings is 3. The average molecular weight is 531 g/mol. The van der Waals surface area contributed by atoms with E-state index in [1.165, 1.54) is 76.3 Å². The van der Waals surface area contributed by atoms with Gasteiger partial charge in [0.15, 0.2) is 0 Å². The molecule has 40 heavy (non-hydrogen) atoms. The van der Waals surface area contributed by atoms with E-state index in [1.54, 1.807) is 0 Å². The molecule has 2 nitrogen and oxygen atoms in total. The molecule has 208 valence electrons. The third kappa shape index (κ3) is 4.50. The SMILES string of the molecule is CC1(C)CCC(C)(C)c2cc(Nc3cn(-c4ccc(-c5ccccc5)cc4)c4c3C(C)(C)CCC4(C)C)ccc21. The molecule has 4 aromatic rings. The van der Waals surface area contributed by atoms with Gasteiger partial charge in [0.25, 0.3) is 0 Å². The van der Waals surface area contributed by atoms with Gasteiger partial charge in [-0.25, -0.2) is 0 Å². The van der Waals surface area contributed by atoms with E-state index in [-0.39, 0.29) is 21.7 Å². The minimum absolute atomic E-state index is 0.0880. The van der Waals surface area contributed by atoms with E-state index in [2.05, 4.69) is 144 Å². The molecule has 3 aromatic carbocycles. The van der Waals surface area contributed by atoms with Crippen LogP contribution in [-0.2, 0) is 21.7 Å². The molecular weight excluding hydrogens is 484 g/mol. The van der Waals surface area contributed by atoms with Gasteiger partial charge in [0.1, 0.15) is 0 Å². The molecule has 0 bridgehead atoms. The topological polar surface area (TPSA) is 17.0 Å². The molecule has 0 atom stereocenters. The van der Waals surface area contributed by atoms with Crippen molar-refractivity contribution in [1.82, 2.24) is 4.57 Å². The molecule has 1 heterocycles. The molecule has 0 aliphatic heterocycles. The minimum Gasteiger partial charge on any atom is -0.354 e. The van der Waals surface area contributed by atoms with E-state index in [0.29, 0.717) is 0 Å². The summed E-state index contributed by atoms with van der Waals surface area (Å²) in [4.78, 5) is 0. The van der Waals surface area contributed by atoms with Crippen molar-refractivity contribution in [2.45, 2.75) is 103 Å². The number of nitrogens with zero attached hydrogens (tertiary/aromatic N) is 1. The summed E-state index contributed by atoms with van der Waals surface area (Å²) >= 11 is 0. The molecule has 0 spiro atoms. The Morgan fingerprint density at radius 1 is 0.575 bits per heavy atom. The van der Waals surface area contributed by atoms with Crippen LogP contribution in [0, 0.1) is 0 Å². The Morgan fingerprint density at radius 3 is 1.82 bits per heavy atom. The molecule has 2 aliphatic rings. The van der Waals surface area contributed by atoms with Crippen LogP contribution < -0.4 is 5.32 Å². The first kappa shape index (κ1) is 26.9. The molecule has 0 saturated carbocycles. The maximum atomic E-state index is 3.95. The quantitative estimate of drug-likeness (QED) is 0.278. The van der Waals surface area contributed by atoms with Crippen LogP contribution in [0.4, 0.5) is 11.4 Å². The third-order valence-corrected chi connectivity index (χ3v) is 10.1. The Labute approximate surface area is 241 Å². The highest BCUT2D eigenvalue weighted by Crippen LogP contribution is 2.52. The summed E-state index contributed by atoms with van der Waals surface area (Å²) in [6.07, 6.45) is 7.20. The Kier molecular flexibility index (Phi) is 6.15. The number of aromatic nitrogens is 1. The normalized spacial score (nSPS) is 19.9. The van der Waals surface area contributed by atoms with Crippen LogP contribution in [-0.4, -0.2) is 4.57 Å². The second-order valence-electron chi connectivity index (χ2n) is 15.0. The molecular formula is C38H46N2. The van der Waals surface area contributed by atoms with Gasteiger partial charge in [-0.05, 0) is 88.4 Å². The van der Waals surface area contributed by atoms with Crippen molar-refractivity contribution in [2.24, 2.45) is 0 Å². The van der Waals surface area contributed by atoms with Crippen molar-refractivity contribution in [3.8, 4) is 16.8 Å². The molecule has 0 unspecified atom stereocenters. The lowest BCUT2D eigenvalue weighted by Gasteiger charge is -2.42. The monoisotopic (exact) mass is 530 g/mol. The predicted molar refractivity (Wildman–Crippen MR) is 172 cm³/mol. The Balaban J connectivity index is 1.46. The van der Waals surface area contributed by atoms with Crippen LogP contribution in [0.5, 0.6) is 0 Å². The van der Waals surface area contributed by atoms with Gasteiger partial charge in [0.2, 0.25) is 0 Å². The van der Waals surface area contributed by atoms with Gasteiger partial charge in [-0.2, -0.15) is 0 Å². The Hall–Kier alpha value is -3.26. The van der Waals surface area contributed by atoms with E-state index in [0.717, 1.165) is 0 Å². The van der Waals surface area contributed by atoms with Crippen molar-refractivity contribution in [3.63, 3.8) is 0 Å². The number of anilines is 2. The summed E-state index contributed by atoms with van der Waals surface area (Å²) in [5.74, 6) is 0. The predicted octanol–water partition coefficient (Wildman–Crippen LogP) is 10.6. The van der Waals surface area contributed by atoms with E-state index in [9.17, 15) is 0 Å². The van der Waals surface area contributed by atoms with Gasteiger partial charge < -0.3 is 9.88 Å². The lowest BCUT2D eigenvalue weighted by atomic mass is 9.63. The second kappa shape index (κ2) is 9.13. The van der Waals surface area contributed by atoms with Crippen LogP contribution in [0.3, 0.4) is 0 Å². The highest BCUT2D eigenvalue weighted by atomic mass is 15.0. The van der Waals surface area contributed by atoms with Gasteiger partial charge >= 0.3 is 0 Å². The fourth-order valence-electron chi connectivity index (χ4n) is 7.29. The zero-order valence-electron chi connectivity index (χ0n) is 25.8. The summed E-state index contributed by atoms with van der Waals surface area (Å²) in [6.45, 7) is 19.3. The summed E-state index contributed by atoms with van der Waals surface area (Å²) in [6, 6.07) is 26.9. The lowest BCUT2D eigenvalue weighted by Crippen LogP contribution is -2.35. The second-order valence-corrected chi connectivity index (χ2v) is 15.0. The third-order valence-electron chi connectivity index (χ3n) is 10.1. The Bertz CT molecular complexity index is 1550. The van der Waals surface area contributed by atoms with E-state index < -0.39 is 0 Å². The molecule has 1 aromatic heterocycles. The number of hydrogen-bond acceptors (Lipinski definition) is 1. The number of nitrogens with one attached hydrogen (secondary N) is 1. The molecule has 0 fully saturated rings. The number of fused-ring (bicyclic) bond motifs is 2. The highest BCUT2D eigenvalue weighted by molar-refractivity contribution is 5.71. The zero-order chi connectivity index (χ0) is 28.5. The maximum absolute atomic E-state index is 3.95. The zero-order valence-corrected chi connectivity index (χ0v) is 25.8. The largest absolute Gasteiger partial charge is 0.354 e. The summed E-state index contributed by atoms with van der Waals surface area (Å²) in [5, 5.41) is 3.95. The van der Waals surface area contributed by atoms with Crippen molar-refractivity contribution >= 4 is 11.4 Å². The lowest BCUT2D eigenvalue weighted by molar-refractivity contribution is 0.323. The number of rotatable bonds is 4. The van der Waals surface area contributed by atoms with E-state index >= 15 is 0 Å². The standard InChI is InChI=1S/C38H46N2/c1-35(2)20-21-36(3,4)31-24-28(16-19-30(31)35)39-32-25-40(34-33(32)37(5,6)22-23-38(34,7)8)29-17-14-27(15-18-29)26-12-10-9-11-13-26/h9-19,24-25,39H,20-23H2,1-8H3. The maximum Gasteiger partial charge on any atom is 0.0609 e. The van der Waals surface area contributed by atoms with Crippen molar-refractivity contribution in [1.29, 1.82) is 0 Å². The van der Waals surface area contributed by atoms with Gasteiger partial charge in [-0.15, -0.1) is 0 Å². The molecule has 2 heteroatoms. The van der Waals surface area contributed by atoms with Crippen LogP contribution in [0.1, 0.15) is 103 Å². The number of hydrogen-bond donors (Lipinski definition) is 1. The van der Waals surface area contributed by atoms with Crippen LogP contribution in [0.15, 0.2) is 79.0 Å². The van der Waals surface area contributed by atoms with Crippen molar-refractivity contribution in [2.75, 3.05) is 5.32 Å². The summed E-state index contributed by atoms with van der Waals surface area (Å²) in [7, 11) is 0. The van der Waals surface area contributed by atoms with Crippen LogP contribution in [0.25, 0.3) is 16.8 Å². The first-order chi connectivity index (χ1) is 18.8. The van der Waals surface area contributed by atoms with Crippen molar-refractivity contribution in [3.05, 3.63) is 101 Å².